The summed E-state index contributed by atoms with van der Waals surface area (Å²) in [4.78, 5) is 17.2. The molecule has 2 saturated heterocycles. The molecule has 138 valence electrons. The SMILES string of the molecule is CN1CCC(CNC(=O)Cc2ccc(F)cc2)(N2CCOCC2)CC1. The van der Waals surface area contributed by atoms with Crippen molar-refractivity contribution in [2.75, 3.05) is 53.0 Å². The van der Waals surface area contributed by atoms with Gasteiger partial charge in [0.25, 0.3) is 0 Å². The summed E-state index contributed by atoms with van der Waals surface area (Å²) in [5.41, 5.74) is 0.858. The molecular formula is C19H28FN3O2. The number of piperidine rings is 1. The Morgan fingerprint density at radius 3 is 2.44 bits per heavy atom. The first-order chi connectivity index (χ1) is 12.1. The Labute approximate surface area is 149 Å². The zero-order chi connectivity index (χ0) is 17.7. The van der Waals surface area contributed by atoms with Crippen molar-refractivity contribution in [2.24, 2.45) is 0 Å². The second-order valence-electron chi connectivity index (χ2n) is 7.21. The van der Waals surface area contributed by atoms with Gasteiger partial charge in [0.2, 0.25) is 5.91 Å². The largest absolute Gasteiger partial charge is 0.379 e. The number of carbonyl (C=O) groups excluding carboxylic acids is 1. The van der Waals surface area contributed by atoms with Crippen LogP contribution in [0.3, 0.4) is 0 Å². The fourth-order valence-corrected chi connectivity index (χ4v) is 3.79. The summed E-state index contributed by atoms with van der Waals surface area (Å²) < 4.78 is 18.5. The van der Waals surface area contributed by atoms with Crippen molar-refractivity contribution >= 4 is 5.91 Å². The summed E-state index contributed by atoms with van der Waals surface area (Å²) in [5, 5.41) is 3.13. The molecular weight excluding hydrogens is 321 g/mol. The van der Waals surface area contributed by atoms with Crippen LogP contribution in [0.15, 0.2) is 24.3 Å². The van der Waals surface area contributed by atoms with Crippen molar-refractivity contribution < 1.29 is 13.9 Å². The van der Waals surface area contributed by atoms with E-state index in [1.165, 1.54) is 12.1 Å². The van der Waals surface area contributed by atoms with Crippen molar-refractivity contribution in [3.8, 4) is 0 Å². The maximum atomic E-state index is 13.0. The van der Waals surface area contributed by atoms with Gasteiger partial charge in [-0.05, 0) is 50.7 Å². The van der Waals surface area contributed by atoms with Gasteiger partial charge in [0.15, 0.2) is 0 Å². The number of hydrogen-bond acceptors (Lipinski definition) is 4. The molecule has 0 saturated carbocycles. The van der Waals surface area contributed by atoms with Crippen molar-refractivity contribution in [3.63, 3.8) is 0 Å². The molecule has 1 aromatic rings. The van der Waals surface area contributed by atoms with E-state index in [4.69, 9.17) is 4.74 Å². The number of hydrogen-bond donors (Lipinski definition) is 1. The fraction of sp³-hybridized carbons (Fsp3) is 0.632. The highest BCUT2D eigenvalue weighted by molar-refractivity contribution is 5.78. The summed E-state index contributed by atoms with van der Waals surface area (Å²) in [6, 6.07) is 6.13. The predicted molar refractivity (Wildman–Crippen MR) is 95.0 cm³/mol. The Balaban J connectivity index is 1.59. The van der Waals surface area contributed by atoms with Crippen LogP contribution in [0.4, 0.5) is 4.39 Å². The summed E-state index contributed by atoms with van der Waals surface area (Å²) >= 11 is 0. The van der Waals surface area contributed by atoms with E-state index >= 15 is 0 Å². The molecule has 2 aliphatic heterocycles. The molecule has 1 aromatic carbocycles. The Hall–Kier alpha value is -1.50. The third-order valence-corrected chi connectivity index (χ3v) is 5.49. The van der Waals surface area contributed by atoms with E-state index < -0.39 is 0 Å². The molecule has 0 aliphatic carbocycles. The Morgan fingerprint density at radius 1 is 1.16 bits per heavy atom. The standard InChI is InChI=1S/C19H28FN3O2/c1-22-8-6-19(7-9-22,23-10-12-25-13-11-23)15-21-18(24)14-16-2-4-17(20)5-3-16/h2-5H,6-15H2,1H3,(H,21,24). The number of likely N-dealkylation sites (tertiary alicyclic amines) is 1. The van der Waals surface area contributed by atoms with Crippen LogP contribution in [0, 0.1) is 5.82 Å². The number of nitrogens with zero attached hydrogens (tertiary/aromatic N) is 2. The van der Waals surface area contributed by atoms with Crippen LogP contribution >= 0.6 is 0 Å². The van der Waals surface area contributed by atoms with Crippen molar-refractivity contribution in [3.05, 3.63) is 35.6 Å². The lowest BCUT2D eigenvalue weighted by Gasteiger charge is -2.49. The topological polar surface area (TPSA) is 44.8 Å². The van der Waals surface area contributed by atoms with Crippen LogP contribution < -0.4 is 5.32 Å². The summed E-state index contributed by atoms with van der Waals surface area (Å²) in [5.74, 6) is -0.278. The molecule has 0 bridgehead atoms. The van der Waals surface area contributed by atoms with Gasteiger partial charge in [0, 0.05) is 25.2 Å². The van der Waals surface area contributed by atoms with E-state index in [1.807, 2.05) is 0 Å². The molecule has 0 unspecified atom stereocenters. The Morgan fingerprint density at radius 2 is 1.80 bits per heavy atom. The normalized spacial score (nSPS) is 21.8. The number of carbonyl (C=O) groups is 1. The van der Waals surface area contributed by atoms with Gasteiger partial charge < -0.3 is 15.0 Å². The fourth-order valence-electron chi connectivity index (χ4n) is 3.79. The maximum absolute atomic E-state index is 13.0. The highest BCUT2D eigenvalue weighted by atomic mass is 19.1. The van der Waals surface area contributed by atoms with Crippen LogP contribution in [-0.2, 0) is 16.0 Å². The first-order valence-electron chi connectivity index (χ1n) is 9.10. The zero-order valence-corrected chi connectivity index (χ0v) is 15.0. The molecule has 2 aliphatic rings. The second-order valence-corrected chi connectivity index (χ2v) is 7.21. The van der Waals surface area contributed by atoms with Gasteiger partial charge in [-0.1, -0.05) is 12.1 Å². The van der Waals surface area contributed by atoms with Gasteiger partial charge in [-0.25, -0.2) is 4.39 Å². The average Bonchev–Trinajstić information content (AvgIpc) is 2.64. The van der Waals surface area contributed by atoms with E-state index in [1.54, 1.807) is 12.1 Å². The third-order valence-electron chi connectivity index (χ3n) is 5.49. The smallest absolute Gasteiger partial charge is 0.224 e. The van der Waals surface area contributed by atoms with E-state index in [0.29, 0.717) is 13.0 Å². The van der Waals surface area contributed by atoms with Gasteiger partial charge in [-0.15, -0.1) is 0 Å². The minimum Gasteiger partial charge on any atom is -0.379 e. The number of morpholine rings is 1. The predicted octanol–water partition coefficient (Wildman–Crippen LogP) is 1.28. The lowest BCUT2D eigenvalue weighted by Crippen LogP contribution is -2.62. The van der Waals surface area contributed by atoms with Crippen LogP contribution in [0.5, 0.6) is 0 Å². The van der Waals surface area contributed by atoms with Gasteiger partial charge in [0.1, 0.15) is 5.82 Å². The lowest BCUT2D eigenvalue weighted by atomic mass is 9.85. The number of halogens is 1. The molecule has 0 radical (unpaired) electrons. The van der Waals surface area contributed by atoms with Crippen LogP contribution in [0.2, 0.25) is 0 Å². The van der Waals surface area contributed by atoms with Crippen molar-refractivity contribution in [1.82, 2.24) is 15.1 Å². The van der Waals surface area contributed by atoms with Gasteiger partial charge in [-0.3, -0.25) is 9.69 Å². The number of benzene rings is 1. The molecule has 25 heavy (non-hydrogen) atoms. The number of amides is 1. The molecule has 0 aromatic heterocycles. The molecule has 2 fully saturated rings. The maximum Gasteiger partial charge on any atom is 0.224 e. The summed E-state index contributed by atoms with van der Waals surface area (Å²) in [6.45, 7) is 6.15. The quantitative estimate of drug-likeness (QED) is 0.870. The molecule has 2 heterocycles. The van der Waals surface area contributed by atoms with Gasteiger partial charge in [0.05, 0.1) is 19.6 Å². The van der Waals surface area contributed by atoms with E-state index in [-0.39, 0.29) is 17.3 Å². The molecule has 1 N–H and O–H groups in total. The first-order valence-corrected chi connectivity index (χ1v) is 9.10. The Kier molecular flexibility index (Phi) is 6.04. The van der Waals surface area contributed by atoms with E-state index in [2.05, 4.69) is 22.2 Å². The average molecular weight is 349 g/mol. The summed E-state index contributed by atoms with van der Waals surface area (Å²) in [7, 11) is 2.15. The first kappa shape index (κ1) is 18.3. The van der Waals surface area contributed by atoms with Gasteiger partial charge >= 0.3 is 0 Å². The molecule has 5 nitrogen and oxygen atoms in total. The number of ether oxygens (including phenoxy) is 1. The summed E-state index contributed by atoms with van der Waals surface area (Å²) in [6.07, 6.45) is 2.40. The van der Waals surface area contributed by atoms with Crippen molar-refractivity contribution in [1.29, 1.82) is 0 Å². The van der Waals surface area contributed by atoms with E-state index in [0.717, 1.165) is 57.8 Å². The van der Waals surface area contributed by atoms with E-state index in [9.17, 15) is 9.18 Å². The molecule has 0 spiro atoms. The molecule has 3 rings (SSSR count). The van der Waals surface area contributed by atoms with Crippen LogP contribution in [0.1, 0.15) is 18.4 Å². The van der Waals surface area contributed by atoms with Crippen molar-refractivity contribution in [2.45, 2.75) is 24.8 Å². The minimum absolute atomic E-state index is 0.00169. The lowest BCUT2D eigenvalue weighted by molar-refractivity contribution is -0.121. The number of rotatable bonds is 5. The highest BCUT2D eigenvalue weighted by Crippen LogP contribution is 2.29. The zero-order valence-electron chi connectivity index (χ0n) is 15.0. The molecule has 6 heteroatoms. The third kappa shape index (κ3) is 4.77. The van der Waals surface area contributed by atoms with Crippen LogP contribution in [0.25, 0.3) is 0 Å². The minimum atomic E-state index is -0.276. The number of nitrogens with one attached hydrogen (secondary N) is 1. The van der Waals surface area contributed by atoms with Crippen LogP contribution in [-0.4, -0.2) is 74.2 Å². The van der Waals surface area contributed by atoms with Gasteiger partial charge in [-0.2, -0.15) is 0 Å². The molecule has 1 amide bonds. The molecule has 0 atom stereocenters. The highest BCUT2D eigenvalue weighted by Gasteiger charge is 2.40. The second kappa shape index (κ2) is 8.25. The Bertz CT molecular complexity index is 565. The monoisotopic (exact) mass is 349 g/mol.